The minimum Gasteiger partial charge on any atom is -0.396 e. The molecule has 0 aromatic carbocycles. The lowest BCUT2D eigenvalue weighted by molar-refractivity contribution is 0.230. The molecule has 0 unspecified atom stereocenters. The van der Waals surface area contributed by atoms with Crippen LogP contribution < -0.4 is 0 Å². The van der Waals surface area contributed by atoms with Gasteiger partial charge in [-0.1, -0.05) is 6.92 Å². The van der Waals surface area contributed by atoms with Crippen LogP contribution in [0.25, 0.3) is 0 Å². The highest BCUT2D eigenvalue weighted by molar-refractivity contribution is 6.17. The predicted octanol–water partition coefficient (Wildman–Crippen LogP) is 1.63. The normalized spacial score (nSPS) is 13.9. The molecule has 0 heterocycles. The van der Waals surface area contributed by atoms with E-state index in [-0.39, 0.29) is 6.61 Å². The average molecular weight is 137 g/mol. The summed E-state index contributed by atoms with van der Waals surface area (Å²) in [6.45, 7) is 2.31. The van der Waals surface area contributed by atoms with Crippen molar-refractivity contribution in [3.63, 3.8) is 0 Å². The minimum absolute atomic E-state index is 0.289. The van der Waals surface area contributed by atoms with Gasteiger partial charge in [-0.3, -0.25) is 0 Å². The molecule has 0 aliphatic heterocycles. The Hall–Kier alpha value is 0.250. The molecular formula is C6H13ClO. The Balaban J connectivity index is 2.86. The molecule has 2 heteroatoms. The molecule has 1 nitrogen and oxygen atoms in total. The van der Waals surface area contributed by atoms with Gasteiger partial charge in [-0.15, -0.1) is 11.6 Å². The lowest BCUT2D eigenvalue weighted by Crippen LogP contribution is -1.99. The van der Waals surface area contributed by atoms with Crippen LogP contribution in [-0.4, -0.2) is 17.6 Å². The van der Waals surface area contributed by atoms with Crippen molar-refractivity contribution < 1.29 is 5.11 Å². The molecule has 0 amide bonds. The second kappa shape index (κ2) is 5.39. The SMILES string of the molecule is C[C@@H](CO)CCCCl. The molecule has 0 aliphatic rings. The van der Waals surface area contributed by atoms with Crippen LogP contribution in [0.1, 0.15) is 19.8 Å². The van der Waals surface area contributed by atoms with E-state index >= 15 is 0 Å². The molecule has 0 aromatic rings. The van der Waals surface area contributed by atoms with Crippen molar-refractivity contribution in [2.45, 2.75) is 19.8 Å². The molecule has 0 rings (SSSR count). The van der Waals surface area contributed by atoms with Crippen molar-refractivity contribution >= 4 is 11.6 Å². The lowest BCUT2D eigenvalue weighted by atomic mass is 10.1. The molecule has 0 saturated carbocycles. The standard InChI is InChI=1S/C6H13ClO/c1-6(5-8)3-2-4-7/h6,8H,2-5H2,1H3/t6-/m1/s1. The van der Waals surface area contributed by atoms with E-state index in [0.29, 0.717) is 11.8 Å². The van der Waals surface area contributed by atoms with E-state index in [1.807, 2.05) is 6.92 Å². The Morgan fingerprint density at radius 2 is 2.25 bits per heavy atom. The molecule has 0 saturated heterocycles. The summed E-state index contributed by atoms with van der Waals surface area (Å²) in [7, 11) is 0. The van der Waals surface area contributed by atoms with E-state index in [1.165, 1.54) is 0 Å². The number of halogens is 1. The zero-order chi connectivity index (χ0) is 6.41. The zero-order valence-electron chi connectivity index (χ0n) is 5.23. The van der Waals surface area contributed by atoms with Gasteiger partial charge in [0.2, 0.25) is 0 Å². The highest BCUT2D eigenvalue weighted by atomic mass is 35.5. The second-order valence-electron chi connectivity index (χ2n) is 2.12. The lowest BCUT2D eigenvalue weighted by Gasteiger charge is -2.03. The molecule has 0 aromatic heterocycles. The Kier molecular flexibility index (Phi) is 5.56. The van der Waals surface area contributed by atoms with Crippen LogP contribution >= 0.6 is 11.6 Å². The highest BCUT2D eigenvalue weighted by Crippen LogP contribution is 2.03. The predicted molar refractivity (Wildman–Crippen MR) is 36.2 cm³/mol. The topological polar surface area (TPSA) is 20.2 Å². The van der Waals surface area contributed by atoms with Gasteiger partial charge in [0.1, 0.15) is 0 Å². The number of alkyl halides is 1. The Bertz CT molecular complexity index is 47.8. The first kappa shape index (κ1) is 8.25. The van der Waals surface area contributed by atoms with Gasteiger partial charge in [0.15, 0.2) is 0 Å². The van der Waals surface area contributed by atoms with E-state index < -0.39 is 0 Å². The van der Waals surface area contributed by atoms with Crippen molar-refractivity contribution in [3.05, 3.63) is 0 Å². The van der Waals surface area contributed by atoms with Crippen LogP contribution in [0.5, 0.6) is 0 Å². The molecule has 50 valence electrons. The molecular weight excluding hydrogens is 124 g/mol. The number of aliphatic hydroxyl groups is 1. The van der Waals surface area contributed by atoms with Crippen LogP contribution in [0.3, 0.4) is 0 Å². The first-order chi connectivity index (χ1) is 3.81. The third-order valence-electron chi connectivity index (χ3n) is 1.14. The maximum absolute atomic E-state index is 8.52. The van der Waals surface area contributed by atoms with E-state index in [9.17, 15) is 0 Å². The van der Waals surface area contributed by atoms with Gasteiger partial charge in [-0.25, -0.2) is 0 Å². The summed E-state index contributed by atoms with van der Waals surface area (Å²) in [6.07, 6.45) is 2.06. The van der Waals surface area contributed by atoms with Gasteiger partial charge >= 0.3 is 0 Å². The Morgan fingerprint density at radius 1 is 1.62 bits per heavy atom. The molecule has 0 bridgehead atoms. The second-order valence-corrected chi connectivity index (χ2v) is 2.50. The number of aliphatic hydroxyl groups excluding tert-OH is 1. The van der Waals surface area contributed by atoms with E-state index in [4.69, 9.17) is 16.7 Å². The van der Waals surface area contributed by atoms with Crippen LogP contribution in [-0.2, 0) is 0 Å². The molecule has 1 N–H and O–H groups in total. The van der Waals surface area contributed by atoms with Gasteiger partial charge in [0, 0.05) is 12.5 Å². The Morgan fingerprint density at radius 3 is 2.62 bits per heavy atom. The van der Waals surface area contributed by atoms with Crippen LogP contribution in [0, 0.1) is 5.92 Å². The maximum atomic E-state index is 8.52. The maximum Gasteiger partial charge on any atom is 0.0456 e. The van der Waals surface area contributed by atoms with E-state index in [1.54, 1.807) is 0 Å². The van der Waals surface area contributed by atoms with E-state index in [2.05, 4.69) is 0 Å². The van der Waals surface area contributed by atoms with Gasteiger partial charge < -0.3 is 5.11 Å². The zero-order valence-corrected chi connectivity index (χ0v) is 5.99. The quantitative estimate of drug-likeness (QED) is 0.583. The highest BCUT2D eigenvalue weighted by Gasteiger charge is 1.96. The van der Waals surface area contributed by atoms with Crippen molar-refractivity contribution in [3.8, 4) is 0 Å². The van der Waals surface area contributed by atoms with Crippen LogP contribution in [0.15, 0.2) is 0 Å². The fourth-order valence-electron chi connectivity index (χ4n) is 0.517. The van der Waals surface area contributed by atoms with Crippen molar-refractivity contribution in [2.24, 2.45) is 5.92 Å². The van der Waals surface area contributed by atoms with Crippen LogP contribution in [0.2, 0.25) is 0 Å². The first-order valence-electron chi connectivity index (χ1n) is 2.98. The molecule has 0 radical (unpaired) electrons. The molecule has 1 atom stereocenters. The largest absolute Gasteiger partial charge is 0.396 e. The summed E-state index contributed by atoms with van der Waals surface area (Å²) in [5, 5.41) is 8.52. The summed E-state index contributed by atoms with van der Waals surface area (Å²) in [5.74, 6) is 1.14. The third kappa shape index (κ3) is 4.41. The summed E-state index contributed by atoms with van der Waals surface area (Å²) in [5.41, 5.74) is 0. The Labute approximate surface area is 55.7 Å². The fourth-order valence-corrected chi connectivity index (χ4v) is 0.671. The summed E-state index contributed by atoms with van der Waals surface area (Å²) >= 11 is 5.42. The van der Waals surface area contributed by atoms with Crippen molar-refractivity contribution in [1.29, 1.82) is 0 Å². The molecule has 0 fully saturated rings. The van der Waals surface area contributed by atoms with Gasteiger partial charge in [-0.2, -0.15) is 0 Å². The average Bonchev–Trinajstić information content (AvgIpc) is 1.83. The monoisotopic (exact) mass is 136 g/mol. The number of hydrogen-bond donors (Lipinski definition) is 1. The number of rotatable bonds is 4. The number of hydrogen-bond acceptors (Lipinski definition) is 1. The van der Waals surface area contributed by atoms with Crippen LogP contribution in [0.4, 0.5) is 0 Å². The molecule has 0 spiro atoms. The van der Waals surface area contributed by atoms with Gasteiger partial charge in [-0.05, 0) is 18.8 Å². The molecule has 8 heavy (non-hydrogen) atoms. The summed E-state index contributed by atoms with van der Waals surface area (Å²) in [6, 6.07) is 0. The van der Waals surface area contributed by atoms with Gasteiger partial charge in [0.25, 0.3) is 0 Å². The fraction of sp³-hybridized carbons (Fsp3) is 1.00. The van der Waals surface area contributed by atoms with E-state index in [0.717, 1.165) is 12.8 Å². The first-order valence-corrected chi connectivity index (χ1v) is 3.51. The smallest absolute Gasteiger partial charge is 0.0456 e. The van der Waals surface area contributed by atoms with Gasteiger partial charge in [0.05, 0.1) is 0 Å². The molecule has 0 aliphatic carbocycles. The third-order valence-corrected chi connectivity index (χ3v) is 1.41. The summed E-state index contributed by atoms with van der Waals surface area (Å²) in [4.78, 5) is 0. The summed E-state index contributed by atoms with van der Waals surface area (Å²) < 4.78 is 0. The minimum atomic E-state index is 0.289. The van der Waals surface area contributed by atoms with Crippen molar-refractivity contribution in [1.82, 2.24) is 0 Å². The van der Waals surface area contributed by atoms with Crippen molar-refractivity contribution in [2.75, 3.05) is 12.5 Å².